The van der Waals surface area contributed by atoms with Gasteiger partial charge in [0.25, 0.3) is 0 Å². The van der Waals surface area contributed by atoms with Gasteiger partial charge in [-0.25, -0.2) is 0 Å². The minimum Gasteiger partial charge on any atom is -0.461 e. The summed E-state index contributed by atoms with van der Waals surface area (Å²) in [5.41, 5.74) is -0.0608. The third kappa shape index (κ3) is 5.59. The molecular weight excluding hydrogens is 254 g/mol. The van der Waals surface area contributed by atoms with E-state index in [0.29, 0.717) is 17.9 Å². The van der Waals surface area contributed by atoms with Crippen LogP contribution in [0.2, 0.25) is 0 Å². The highest BCUT2D eigenvalue weighted by molar-refractivity contribution is 5.37. The van der Waals surface area contributed by atoms with Crippen molar-refractivity contribution in [2.45, 2.75) is 66.0 Å². The number of anilines is 2. The van der Waals surface area contributed by atoms with Crippen LogP contribution in [0.1, 0.15) is 54.4 Å². The van der Waals surface area contributed by atoms with Crippen LogP contribution in [0.5, 0.6) is 6.01 Å². The molecule has 0 spiro atoms. The Balaban J connectivity index is 2.95. The average molecular weight is 281 g/mol. The summed E-state index contributed by atoms with van der Waals surface area (Å²) in [6, 6.07) is 0.348. The zero-order valence-corrected chi connectivity index (χ0v) is 13.4. The van der Waals surface area contributed by atoms with Crippen LogP contribution < -0.4 is 15.4 Å². The van der Waals surface area contributed by atoms with E-state index in [0.717, 1.165) is 19.4 Å². The number of aromatic nitrogens is 3. The molecule has 0 aliphatic heterocycles. The summed E-state index contributed by atoms with van der Waals surface area (Å²) < 4.78 is 5.57. The molecule has 0 aliphatic carbocycles. The fourth-order valence-electron chi connectivity index (χ4n) is 1.90. The van der Waals surface area contributed by atoms with Crippen LogP contribution in [-0.4, -0.2) is 33.1 Å². The molecular formula is C14H27N5O. The SMILES string of the molecule is CCCC(C)(C)Nc1nc(NCC)nc(OC(C)C)n1. The molecule has 1 heterocycles. The lowest BCUT2D eigenvalue weighted by molar-refractivity contribution is 0.222. The maximum absolute atomic E-state index is 5.57. The fourth-order valence-corrected chi connectivity index (χ4v) is 1.90. The summed E-state index contributed by atoms with van der Waals surface area (Å²) in [7, 11) is 0. The van der Waals surface area contributed by atoms with Gasteiger partial charge in [-0.2, -0.15) is 15.0 Å². The molecule has 0 fully saturated rings. The van der Waals surface area contributed by atoms with E-state index in [1.807, 2.05) is 20.8 Å². The highest BCUT2D eigenvalue weighted by Gasteiger charge is 2.19. The van der Waals surface area contributed by atoms with E-state index in [1.165, 1.54) is 0 Å². The van der Waals surface area contributed by atoms with E-state index in [1.54, 1.807) is 0 Å². The van der Waals surface area contributed by atoms with Crippen LogP contribution in [0, 0.1) is 0 Å². The zero-order valence-electron chi connectivity index (χ0n) is 13.4. The molecule has 0 saturated carbocycles. The van der Waals surface area contributed by atoms with Gasteiger partial charge in [0.05, 0.1) is 6.10 Å². The van der Waals surface area contributed by atoms with Gasteiger partial charge in [0.15, 0.2) is 0 Å². The van der Waals surface area contributed by atoms with Crippen molar-refractivity contribution in [1.29, 1.82) is 0 Å². The largest absolute Gasteiger partial charge is 0.461 e. The maximum atomic E-state index is 5.57. The van der Waals surface area contributed by atoms with E-state index < -0.39 is 0 Å². The van der Waals surface area contributed by atoms with Crippen molar-refractivity contribution < 1.29 is 4.74 Å². The summed E-state index contributed by atoms with van der Waals surface area (Å²) in [5, 5.41) is 6.45. The van der Waals surface area contributed by atoms with Gasteiger partial charge in [-0.15, -0.1) is 0 Å². The van der Waals surface area contributed by atoms with E-state index in [4.69, 9.17) is 4.74 Å². The second-order valence-electron chi connectivity index (χ2n) is 5.72. The fraction of sp³-hybridized carbons (Fsp3) is 0.786. The van der Waals surface area contributed by atoms with Crippen molar-refractivity contribution in [1.82, 2.24) is 15.0 Å². The molecule has 114 valence electrons. The van der Waals surface area contributed by atoms with Gasteiger partial charge in [0.1, 0.15) is 0 Å². The Morgan fingerprint density at radius 1 is 1.10 bits per heavy atom. The molecule has 1 aromatic rings. The summed E-state index contributed by atoms with van der Waals surface area (Å²) in [4.78, 5) is 12.9. The van der Waals surface area contributed by atoms with E-state index in [2.05, 4.69) is 46.4 Å². The molecule has 1 aromatic heterocycles. The molecule has 2 N–H and O–H groups in total. The first kappa shape index (κ1) is 16.5. The van der Waals surface area contributed by atoms with Gasteiger partial charge in [-0.05, 0) is 41.0 Å². The van der Waals surface area contributed by atoms with Crippen LogP contribution in [0.4, 0.5) is 11.9 Å². The van der Waals surface area contributed by atoms with Crippen LogP contribution >= 0.6 is 0 Å². The summed E-state index contributed by atoms with van der Waals surface area (Å²) in [5.74, 6) is 1.08. The summed E-state index contributed by atoms with van der Waals surface area (Å²) >= 11 is 0. The molecule has 6 nitrogen and oxygen atoms in total. The minimum atomic E-state index is -0.0608. The van der Waals surface area contributed by atoms with Crippen molar-refractivity contribution in [3.8, 4) is 6.01 Å². The lowest BCUT2D eigenvalue weighted by atomic mass is 9.99. The molecule has 6 heteroatoms. The Bertz CT molecular complexity index is 420. The van der Waals surface area contributed by atoms with E-state index in [-0.39, 0.29) is 11.6 Å². The van der Waals surface area contributed by atoms with Crippen LogP contribution in [-0.2, 0) is 0 Å². The van der Waals surface area contributed by atoms with Crippen molar-refractivity contribution >= 4 is 11.9 Å². The Hall–Kier alpha value is -1.59. The lowest BCUT2D eigenvalue weighted by Gasteiger charge is -2.26. The highest BCUT2D eigenvalue weighted by atomic mass is 16.5. The molecule has 1 rings (SSSR count). The van der Waals surface area contributed by atoms with Gasteiger partial charge < -0.3 is 15.4 Å². The van der Waals surface area contributed by atoms with Gasteiger partial charge >= 0.3 is 6.01 Å². The number of rotatable bonds is 8. The Morgan fingerprint density at radius 2 is 1.75 bits per heavy atom. The molecule has 20 heavy (non-hydrogen) atoms. The predicted octanol–water partition coefficient (Wildman–Crippen LogP) is 3.08. The van der Waals surface area contributed by atoms with Gasteiger partial charge in [-0.3, -0.25) is 0 Å². The summed E-state index contributed by atoms with van der Waals surface area (Å²) in [6.07, 6.45) is 2.17. The van der Waals surface area contributed by atoms with Crippen molar-refractivity contribution in [2.24, 2.45) is 0 Å². The monoisotopic (exact) mass is 281 g/mol. The Morgan fingerprint density at radius 3 is 2.30 bits per heavy atom. The molecule has 0 bridgehead atoms. The zero-order chi connectivity index (χ0) is 15.2. The first-order valence-electron chi connectivity index (χ1n) is 7.31. The average Bonchev–Trinajstić information content (AvgIpc) is 2.26. The van der Waals surface area contributed by atoms with Crippen LogP contribution in [0.25, 0.3) is 0 Å². The number of nitrogens with one attached hydrogen (secondary N) is 2. The quantitative estimate of drug-likeness (QED) is 0.763. The van der Waals surface area contributed by atoms with Crippen LogP contribution in [0.3, 0.4) is 0 Å². The topological polar surface area (TPSA) is 72.0 Å². The minimum absolute atomic E-state index is 0.0309. The number of ether oxygens (including phenoxy) is 1. The first-order chi connectivity index (χ1) is 9.36. The van der Waals surface area contributed by atoms with E-state index >= 15 is 0 Å². The number of hydrogen-bond donors (Lipinski definition) is 2. The normalized spacial score (nSPS) is 11.6. The molecule has 0 saturated heterocycles. The molecule has 0 unspecified atom stereocenters. The van der Waals surface area contributed by atoms with Crippen molar-refractivity contribution in [3.05, 3.63) is 0 Å². The molecule has 0 atom stereocenters. The molecule has 0 amide bonds. The summed E-state index contributed by atoms with van der Waals surface area (Å²) in [6.45, 7) is 13.1. The predicted molar refractivity (Wildman–Crippen MR) is 82.4 cm³/mol. The van der Waals surface area contributed by atoms with Gasteiger partial charge in [0.2, 0.25) is 11.9 Å². The second-order valence-corrected chi connectivity index (χ2v) is 5.72. The van der Waals surface area contributed by atoms with E-state index in [9.17, 15) is 0 Å². The Labute approximate surface area is 121 Å². The van der Waals surface area contributed by atoms with Crippen molar-refractivity contribution in [2.75, 3.05) is 17.2 Å². The third-order valence-electron chi connectivity index (χ3n) is 2.62. The second kappa shape index (κ2) is 7.26. The first-order valence-corrected chi connectivity index (χ1v) is 7.31. The standard InChI is InChI=1S/C14H27N5O/c1-7-9-14(5,6)19-12-16-11(15-8-2)17-13(18-12)20-10(3)4/h10H,7-9H2,1-6H3,(H2,15,16,17,18,19). The highest BCUT2D eigenvalue weighted by Crippen LogP contribution is 2.19. The van der Waals surface area contributed by atoms with Crippen molar-refractivity contribution in [3.63, 3.8) is 0 Å². The molecule has 0 aliphatic rings. The lowest BCUT2D eigenvalue weighted by Crippen LogP contribution is -2.31. The Kier molecular flexibility index (Phi) is 5.98. The van der Waals surface area contributed by atoms with Crippen LogP contribution in [0.15, 0.2) is 0 Å². The molecule has 0 radical (unpaired) electrons. The smallest absolute Gasteiger partial charge is 0.323 e. The number of nitrogens with zero attached hydrogens (tertiary/aromatic N) is 3. The molecule has 0 aromatic carbocycles. The third-order valence-corrected chi connectivity index (χ3v) is 2.62. The maximum Gasteiger partial charge on any atom is 0.323 e. The van der Waals surface area contributed by atoms with Gasteiger partial charge in [-0.1, -0.05) is 13.3 Å². The van der Waals surface area contributed by atoms with Gasteiger partial charge in [0, 0.05) is 12.1 Å². The number of hydrogen-bond acceptors (Lipinski definition) is 6.